The van der Waals surface area contributed by atoms with E-state index in [9.17, 15) is 0 Å². The first-order valence-electron chi connectivity index (χ1n) is 5.78. The highest BCUT2D eigenvalue weighted by atomic mass is 16.5. The van der Waals surface area contributed by atoms with E-state index >= 15 is 0 Å². The summed E-state index contributed by atoms with van der Waals surface area (Å²) in [5.74, 6) is 1.94. The highest BCUT2D eigenvalue weighted by Crippen LogP contribution is 2.20. The maximum atomic E-state index is 5.37. The van der Waals surface area contributed by atoms with Crippen molar-refractivity contribution in [3.63, 3.8) is 0 Å². The van der Waals surface area contributed by atoms with Gasteiger partial charge in [0.15, 0.2) is 0 Å². The zero-order valence-electron chi connectivity index (χ0n) is 10.3. The van der Waals surface area contributed by atoms with Gasteiger partial charge in [0.2, 0.25) is 0 Å². The second-order valence-corrected chi connectivity index (χ2v) is 4.75. The van der Waals surface area contributed by atoms with Crippen LogP contribution in [0.5, 0.6) is 0 Å². The molecule has 1 N–H and O–H groups in total. The molecule has 5 heteroatoms. The average Bonchev–Trinajstić information content (AvgIpc) is 2.58. The number of hydrogen-bond acceptors (Lipinski definition) is 4. The summed E-state index contributed by atoms with van der Waals surface area (Å²) in [6, 6.07) is 0. The van der Waals surface area contributed by atoms with Gasteiger partial charge in [-0.05, 0) is 26.7 Å². The molecular formula is C11H20N4O. The molecule has 1 saturated heterocycles. The van der Waals surface area contributed by atoms with E-state index in [2.05, 4.69) is 22.4 Å². The fourth-order valence-corrected chi connectivity index (χ4v) is 1.90. The lowest BCUT2D eigenvalue weighted by Gasteiger charge is -2.34. The van der Waals surface area contributed by atoms with Crippen LogP contribution in [0.4, 0.5) is 0 Å². The molecule has 1 aromatic rings. The maximum Gasteiger partial charge on any atom is 0.146 e. The van der Waals surface area contributed by atoms with Gasteiger partial charge in [0.25, 0.3) is 0 Å². The summed E-state index contributed by atoms with van der Waals surface area (Å²) in [6.07, 6.45) is 2.12. The lowest BCUT2D eigenvalue weighted by molar-refractivity contribution is 0.0442. The van der Waals surface area contributed by atoms with E-state index in [0.717, 1.165) is 44.2 Å². The van der Waals surface area contributed by atoms with E-state index in [1.807, 2.05) is 18.5 Å². The largest absolute Gasteiger partial charge is 0.381 e. The lowest BCUT2D eigenvalue weighted by Crippen LogP contribution is -2.46. The van der Waals surface area contributed by atoms with E-state index in [1.54, 1.807) is 0 Å². The van der Waals surface area contributed by atoms with Crippen molar-refractivity contribution in [2.45, 2.75) is 38.8 Å². The van der Waals surface area contributed by atoms with Gasteiger partial charge >= 0.3 is 0 Å². The average molecular weight is 224 g/mol. The first-order chi connectivity index (χ1) is 7.61. The van der Waals surface area contributed by atoms with Crippen LogP contribution in [0.3, 0.4) is 0 Å². The summed E-state index contributed by atoms with van der Waals surface area (Å²) < 4.78 is 7.40. The van der Waals surface area contributed by atoms with Gasteiger partial charge in [0.05, 0.1) is 6.54 Å². The van der Waals surface area contributed by atoms with Crippen molar-refractivity contribution in [1.29, 1.82) is 0 Å². The van der Waals surface area contributed by atoms with Crippen LogP contribution in [0.25, 0.3) is 0 Å². The van der Waals surface area contributed by atoms with Gasteiger partial charge in [-0.1, -0.05) is 0 Å². The van der Waals surface area contributed by atoms with E-state index < -0.39 is 0 Å². The Labute approximate surface area is 96.2 Å². The Balaban J connectivity index is 1.93. The fraction of sp³-hybridized carbons (Fsp3) is 0.818. The third-order valence-electron chi connectivity index (χ3n) is 3.45. The van der Waals surface area contributed by atoms with E-state index in [-0.39, 0.29) is 5.54 Å². The van der Waals surface area contributed by atoms with Crippen molar-refractivity contribution in [3.8, 4) is 0 Å². The van der Waals surface area contributed by atoms with Crippen LogP contribution in [0.1, 0.15) is 31.4 Å². The zero-order valence-corrected chi connectivity index (χ0v) is 10.3. The summed E-state index contributed by atoms with van der Waals surface area (Å²) >= 11 is 0. The fourth-order valence-electron chi connectivity index (χ4n) is 1.90. The molecule has 2 rings (SSSR count). The van der Waals surface area contributed by atoms with Crippen LogP contribution in [-0.4, -0.2) is 33.5 Å². The van der Waals surface area contributed by atoms with Gasteiger partial charge in [-0.25, -0.2) is 0 Å². The molecule has 2 heterocycles. The first-order valence-corrected chi connectivity index (χ1v) is 5.78. The summed E-state index contributed by atoms with van der Waals surface area (Å²) in [4.78, 5) is 0. The van der Waals surface area contributed by atoms with Gasteiger partial charge in [-0.15, -0.1) is 10.2 Å². The van der Waals surface area contributed by atoms with Crippen LogP contribution >= 0.6 is 0 Å². The molecule has 16 heavy (non-hydrogen) atoms. The molecule has 0 aliphatic carbocycles. The van der Waals surface area contributed by atoms with E-state index in [4.69, 9.17) is 4.74 Å². The molecule has 0 aromatic carbocycles. The molecule has 0 saturated carbocycles. The summed E-state index contributed by atoms with van der Waals surface area (Å²) in [5.41, 5.74) is 0.179. The van der Waals surface area contributed by atoms with Crippen LogP contribution in [0.2, 0.25) is 0 Å². The number of ether oxygens (including phenoxy) is 1. The molecule has 90 valence electrons. The maximum absolute atomic E-state index is 5.37. The predicted octanol–water partition coefficient (Wildman–Crippen LogP) is 0.782. The van der Waals surface area contributed by atoms with Crippen LogP contribution in [0, 0.1) is 6.92 Å². The van der Waals surface area contributed by atoms with Gasteiger partial charge in [-0.2, -0.15) is 0 Å². The first kappa shape index (κ1) is 11.5. The molecule has 0 spiro atoms. The summed E-state index contributed by atoms with van der Waals surface area (Å²) in [6.45, 7) is 6.68. The minimum atomic E-state index is 0.179. The van der Waals surface area contributed by atoms with Crippen molar-refractivity contribution < 1.29 is 4.74 Å². The smallest absolute Gasteiger partial charge is 0.146 e. The number of hydrogen-bond donors (Lipinski definition) is 1. The van der Waals surface area contributed by atoms with Gasteiger partial charge in [0.1, 0.15) is 11.6 Å². The molecule has 0 bridgehead atoms. The Morgan fingerprint density at radius 1 is 1.38 bits per heavy atom. The van der Waals surface area contributed by atoms with Crippen molar-refractivity contribution >= 4 is 0 Å². The van der Waals surface area contributed by atoms with E-state index in [1.165, 1.54) is 0 Å². The molecule has 1 aromatic heterocycles. The van der Waals surface area contributed by atoms with Crippen LogP contribution < -0.4 is 5.32 Å². The summed E-state index contributed by atoms with van der Waals surface area (Å²) in [5, 5.41) is 11.8. The van der Waals surface area contributed by atoms with E-state index in [0.29, 0.717) is 0 Å². The standard InChI is InChI=1S/C11H20N4O/c1-9-13-14-10(15(9)3)8-12-11(2)4-6-16-7-5-11/h12H,4-8H2,1-3H3. The van der Waals surface area contributed by atoms with Crippen molar-refractivity contribution in [1.82, 2.24) is 20.1 Å². The van der Waals surface area contributed by atoms with Crippen molar-refractivity contribution in [2.75, 3.05) is 13.2 Å². The second-order valence-electron chi connectivity index (χ2n) is 4.75. The molecule has 1 aliphatic rings. The highest BCUT2D eigenvalue weighted by molar-refractivity contribution is 4.94. The Morgan fingerprint density at radius 3 is 2.62 bits per heavy atom. The number of aryl methyl sites for hydroxylation is 1. The third-order valence-corrected chi connectivity index (χ3v) is 3.45. The highest BCUT2D eigenvalue weighted by Gasteiger charge is 2.26. The van der Waals surface area contributed by atoms with Crippen LogP contribution in [0.15, 0.2) is 0 Å². The number of aromatic nitrogens is 3. The SMILES string of the molecule is Cc1nnc(CNC2(C)CCOCC2)n1C. The predicted molar refractivity (Wildman–Crippen MR) is 61.0 cm³/mol. The molecule has 1 aliphatic heterocycles. The molecule has 0 amide bonds. The molecule has 0 radical (unpaired) electrons. The molecule has 5 nitrogen and oxygen atoms in total. The Bertz CT molecular complexity index is 355. The molecular weight excluding hydrogens is 204 g/mol. The molecule has 0 atom stereocenters. The number of rotatable bonds is 3. The topological polar surface area (TPSA) is 52.0 Å². The van der Waals surface area contributed by atoms with Crippen molar-refractivity contribution in [2.24, 2.45) is 7.05 Å². The van der Waals surface area contributed by atoms with Gasteiger partial charge < -0.3 is 14.6 Å². The second kappa shape index (κ2) is 4.51. The minimum Gasteiger partial charge on any atom is -0.381 e. The number of nitrogens with zero attached hydrogens (tertiary/aromatic N) is 3. The quantitative estimate of drug-likeness (QED) is 0.824. The number of nitrogens with one attached hydrogen (secondary N) is 1. The molecule has 1 fully saturated rings. The minimum absolute atomic E-state index is 0.179. The lowest BCUT2D eigenvalue weighted by atomic mass is 9.92. The Hall–Kier alpha value is -0.940. The summed E-state index contributed by atoms with van der Waals surface area (Å²) in [7, 11) is 2.00. The van der Waals surface area contributed by atoms with Gasteiger partial charge in [-0.3, -0.25) is 0 Å². The Morgan fingerprint density at radius 2 is 2.06 bits per heavy atom. The normalized spacial score (nSPS) is 19.9. The van der Waals surface area contributed by atoms with Gasteiger partial charge in [0, 0.05) is 25.8 Å². The van der Waals surface area contributed by atoms with Crippen molar-refractivity contribution in [3.05, 3.63) is 11.6 Å². The molecule has 0 unspecified atom stereocenters. The Kier molecular flexibility index (Phi) is 3.25. The van der Waals surface area contributed by atoms with Crippen LogP contribution in [-0.2, 0) is 18.3 Å². The monoisotopic (exact) mass is 224 g/mol. The zero-order chi connectivity index (χ0) is 11.6. The third kappa shape index (κ3) is 2.41.